The van der Waals surface area contributed by atoms with E-state index in [1.165, 1.54) is 29.6 Å². The number of rotatable bonds is 7. The Morgan fingerprint density at radius 2 is 1.87 bits per heavy atom. The van der Waals surface area contributed by atoms with Gasteiger partial charge in [0.2, 0.25) is 0 Å². The summed E-state index contributed by atoms with van der Waals surface area (Å²) in [5, 5.41) is 13.7. The van der Waals surface area contributed by atoms with Gasteiger partial charge in [-0.25, -0.2) is 9.78 Å². The zero-order valence-electron chi connectivity index (χ0n) is 17.0. The lowest BCUT2D eigenvalue weighted by atomic mass is 10.1. The molecule has 30 heavy (non-hydrogen) atoms. The van der Waals surface area contributed by atoms with Gasteiger partial charge in [0.1, 0.15) is 5.75 Å². The summed E-state index contributed by atoms with van der Waals surface area (Å²) < 4.78 is 11.3. The van der Waals surface area contributed by atoms with Crippen LogP contribution in [0.3, 0.4) is 0 Å². The molecule has 0 saturated heterocycles. The van der Waals surface area contributed by atoms with Gasteiger partial charge < -0.3 is 20.1 Å². The van der Waals surface area contributed by atoms with Crippen molar-refractivity contribution in [1.82, 2.24) is 25.0 Å². The fourth-order valence-electron chi connectivity index (χ4n) is 2.69. The molecule has 2 amide bonds. The molecule has 0 aliphatic rings. The van der Waals surface area contributed by atoms with Crippen molar-refractivity contribution in [2.45, 2.75) is 33.0 Å². The maximum atomic E-state index is 12.6. The van der Waals surface area contributed by atoms with Crippen LogP contribution in [0.4, 0.5) is 16.2 Å². The minimum atomic E-state index is -0.495. The number of carbonyl (C=O) groups excluding carboxylic acids is 1. The Morgan fingerprint density at radius 1 is 1.13 bits per heavy atom. The molecule has 0 aliphatic carbocycles. The van der Waals surface area contributed by atoms with Crippen LogP contribution in [-0.2, 0) is 4.74 Å². The molecule has 0 radical (unpaired) electrons. The van der Waals surface area contributed by atoms with E-state index < -0.39 is 6.03 Å². The lowest BCUT2D eigenvalue weighted by molar-refractivity contribution is 0.114. The molecule has 10 nitrogen and oxygen atoms in total. The van der Waals surface area contributed by atoms with Crippen molar-refractivity contribution in [1.29, 1.82) is 0 Å². The van der Waals surface area contributed by atoms with Gasteiger partial charge in [-0.05, 0) is 26.8 Å². The second kappa shape index (κ2) is 9.51. The van der Waals surface area contributed by atoms with Crippen molar-refractivity contribution < 1.29 is 14.3 Å². The number of nitrogens with one attached hydrogen (secondary N) is 2. The Balaban J connectivity index is 1.78. The maximum absolute atomic E-state index is 12.6. The number of amides is 2. The molecule has 3 rings (SSSR count). The van der Waals surface area contributed by atoms with Gasteiger partial charge >= 0.3 is 6.03 Å². The molecule has 2 N–H and O–H groups in total. The Labute approximate surface area is 178 Å². The van der Waals surface area contributed by atoms with E-state index in [4.69, 9.17) is 21.1 Å². The normalized spacial score (nSPS) is 11.9. The second-order valence-corrected chi connectivity index (χ2v) is 6.98. The van der Waals surface area contributed by atoms with Gasteiger partial charge in [0.05, 0.1) is 59.6 Å². The molecule has 3 aromatic rings. The Hall–Kier alpha value is -3.24. The molecule has 3 aromatic heterocycles. The average Bonchev–Trinajstić information content (AvgIpc) is 3.21. The van der Waals surface area contributed by atoms with Crippen LogP contribution >= 0.6 is 11.6 Å². The number of carbonyl (C=O) groups is 1. The summed E-state index contributed by atoms with van der Waals surface area (Å²) in [4.78, 5) is 22.2. The number of hydrogen-bond acceptors (Lipinski definition) is 7. The first-order valence-corrected chi connectivity index (χ1v) is 9.54. The van der Waals surface area contributed by atoms with E-state index in [-0.39, 0.29) is 17.2 Å². The maximum Gasteiger partial charge on any atom is 0.323 e. The highest BCUT2D eigenvalue weighted by Gasteiger charge is 2.20. The molecule has 0 spiro atoms. The highest BCUT2D eigenvalue weighted by atomic mass is 35.5. The van der Waals surface area contributed by atoms with Crippen LogP contribution in [0.5, 0.6) is 5.75 Å². The van der Waals surface area contributed by atoms with E-state index in [0.717, 1.165) is 0 Å². The molecular weight excluding hydrogens is 410 g/mol. The number of anilines is 2. The number of methoxy groups -OCH3 is 1. The number of halogens is 1. The number of hydrogen-bond donors (Lipinski definition) is 2. The van der Waals surface area contributed by atoms with Crippen LogP contribution in [-0.4, -0.2) is 44.2 Å². The van der Waals surface area contributed by atoms with Crippen molar-refractivity contribution in [3.8, 4) is 11.6 Å². The SMILES string of the molecule is CO[C@@H](C)c1c(NC(=O)Nc2cnc(-n3nccn3)c(Cl)c2)cncc1OC(C)C. The van der Waals surface area contributed by atoms with Gasteiger partial charge in [-0.2, -0.15) is 10.2 Å². The monoisotopic (exact) mass is 431 g/mol. The molecule has 1 atom stereocenters. The number of nitrogens with zero attached hydrogens (tertiary/aromatic N) is 5. The largest absolute Gasteiger partial charge is 0.489 e. The van der Waals surface area contributed by atoms with Gasteiger partial charge in [0, 0.05) is 12.7 Å². The summed E-state index contributed by atoms with van der Waals surface area (Å²) in [5.41, 5.74) is 1.56. The van der Waals surface area contributed by atoms with Crippen LogP contribution in [0.25, 0.3) is 5.82 Å². The third-order valence-corrected chi connectivity index (χ3v) is 4.29. The third kappa shape index (κ3) is 5.02. The molecular formula is C19H22ClN7O3. The van der Waals surface area contributed by atoms with Gasteiger partial charge in [-0.15, -0.1) is 4.80 Å². The third-order valence-electron chi connectivity index (χ3n) is 4.01. The molecule has 11 heteroatoms. The zero-order chi connectivity index (χ0) is 21.7. The van der Waals surface area contributed by atoms with Crippen molar-refractivity contribution in [2.75, 3.05) is 17.7 Å². The molecule has 0 aromatic carbocycles. The van der Waals surface area contributed by atoms with Crippen LogP contribution < -0.4 is 15.4 Å². The van der Waals surface area contributed by atoms with Crippen LogP contribution in [0.1, 0.15) is 32.4 Å². The van der Waals surface area contributed by atoms with E-state index in [0.29, 0.717) is 28.5 Å². The summed E-state index contributed by atoms with van der Waals surface area (Å²) in [6, 6.07) is 1.06. The first-order valence-electron chi connectivity index (χ1n) is 9.16. The standard InChI is InChI=1S/C19H22ClN7O3/c1-11(2)30-16-10-21-9-15(17(16)12(3)29-4)26-19(28)25-13-7-14(20)18(22-8-13)27-23-5-6-24-27/h5-12H,1-4H3,(H2,25,26,28)/t12-/m0/s1. The fourth-order valence-corrected chi connectivity index (χ4v) is 2.93. The number of pyridine rings is 2. The highest BCUT2D eigenvalue weighted by molar-refractivity contribution is 6.32. The first-order chi connectivity index (χ1) is 14.4. The Bertz CT molecular complexity index is 1010. The topological polar surface area (TPSA) is 116 Å². The van der Waals surface area contributed by atoms with Gasteiger partial charge in [-0.3, -0.25) is 4.98 Å². The zero-order valence-corrected chi connectivity index (χ0v) is 17.7. The smallest absolute Gasteiger partial charge is 0.323 e. The predicted molar refractivity (Wildman–Crippen MR) is 112 cm³/mol. The second-order valence-electron chi connectivity index (χ2n) is 6.57. The minimum Gasteiger partial charge on any atom is -0.489 e. The number of urea groups is 1. The number of ether oxygens (including phenoxy) is 2. The van der Waals surface area contributed by atoms with Crippen LogP contribution in [0, 0.1) is 0 Å². The lowest BCUT2D eigenvalue weighted by Gasteiger charge is -2.21. The number of aromatic nitrogens is 5. The van der Waals surface area contributed by atoms with Crippen molar-refractivity contribution in [3.63, 3.8) is 0 Å². The van der Waals surface area contributed by atoms with E-state index in [9.17, 15) is 4.79 Å². The van der Waals surface area contributed by atoms with E-state index in [1.54, 1.807) is 19.4 Å². The summed E-state index contributed by atoms with van der Waals surface area (Å²) in [6.45, 7) is 5.68. The molecule has 0 aliphatic heterocycles. The van der Waals surface area contributed by atoms with E-state index >= 15 is 0 Å². The molecule has 0 saturated carbocycles. The Morgan fingerprint density at radius 3 is 2.50 bits per heavy atom. The van der Waals surface area contributed by atoms with E-state index in [2.05, 4.69) is 30.8 Å². The summed E-state index contributed by atoms with van der Waals surface area (Å²) >= 11 is 6.24. The van der Waals surface area contributed by atoms with Gasteiger partial charge in [-0.1, -0.05) is 11.6 Å². The summed E-state index contributed by atoms with van der Waals surface area (Å²) in [5.74, 6) is 0.893. The lowest BCUT2D eigenvalue weighted by Crippen LogP contribution is -2.22. The fraction of sp³-hybridized carbons (Fsp3) is 0.316. The molecule has 0 unspecified atom stereocenters. The quantitative estimate of drug-likeness (QED) is 0.583. The highest BCUT2D eigenvalue weighted by Crippen LogP contribution is 2.34. The van der Waals surface area contributed by atoms with Gasteiger partial charge in [0.25, 0.3) is 0 Å². The molecule has 0 bridgehead atoms. The predicted octanol–water partition coefficient (Wildman–Crippen LogP) is 3.85. The Kier molecular flexibility index (Phi) is 6.80. The van der Waals surface area contributed by atoms with Crippen LogP contribution in [0.15, 0.2) is 37.1 Å². The van der Waals surface area contributed by atoms with Crippen molar-refractivity contribution in [3.05, 3.63) is 47.6 Å². The average molecular weight is 432 g/mol. The van der Waals surface area contributed by atoms with Crippen molar-refractivity contribution in [2.24, 2.45) is 0 Å². The van der Waals surface area contributed by atoms with E-state index in [1.807, 2.05) is 20.8 Å². The van der Waals surface area contributed by atoms with Crippen molar-refractivity contribution >= 4 is 29.0 Å². The molecule has 3 heterocycles. The van der Waals surface area contributed by atoms with Gasteiger partial charge in [0.15, 0.2) is 5.82 Å². The molecule has 158 valence electrons. The summed E-state index contributed by atoms with van der Waals surface area (Å²) in [6.07, 6.45) is 7.24. The minimum absolute atomic E-state index is 0.0605. The first kappa shape index (κ1) is 21.5. The van der Waals surface area contributed by atoms with Crippen LogP contribution in [0.2, 0.25) is 5.02 Å². The summed E-state index contributed by atoms with van der Waals surface area (Å²) in [7, 11) is 1.58. The molecule has 0 fully saturated rings.